The molecule has 0 aliphatic heterocycles. The molecule has 2 N–H and O–H groups in total. The lowest BCUT2D eigenvalue weighted by Crippen LogP contribution is -2.35. The molecule has 0 atom stereocenters. The van der Waals surface area contributed by atoms with E-state index in [4.69, 9.17) is 5.26 Å². The summed E-state index contributed by atoms with van der Waals surface area (Å²) in [6.45, 7) is 1.91. The standard InChI is InChI=1S/C14H18BNO2/c1-10-12(9-16)7-8-13(15(17)18)14(10)11-5-3-2-4-6-11/h7-8,11,17-18H,2-6H2,1H3. The first-order chi connectivity index (χ1) is 8.65. The number of hydrogen-bond acceptors (Lipinski definition) is 3. The van der Waals surface area contributed by atoms with Crippen molar-refractivity contribution in [2.75, 3.05) is 0 Å². The second-order valence-electron chi connectivity index (χ2n) is 5.06. The van der Waals surface area contributed by atoms with E-state index in [1.165, 1.54) is 19.3 Å². The van der Waals surface area contributed by atoms with E-state index in [-0.39, 0.29) is 0 Å². The maximum Gasteiger partial charge on any atom is 0.488 e. The normalized spacial score (nSPS) is 16.3. The van der Waals surface area contributed by atoms with Gasteiger partial charge in [0.2, 0.25) is 0 Å². The van der Waals surface area contributed by atoms with Crippen LogP contribution in [-0.2, 0) is 0 Å². The SMILES string of the molecule is Cc1c(C#N)ccc(B(O)O)c1C1CCCCC1. The molecule has 1 aromatic rings. The van der Waals surface area contributed by atoms with Crippen molar-refractivity contribution < 1.29 is 10.0 Å². The summed E-state index contributed by atoms with van der Waals surface area (Å²) in [4.78, 5) is 0. The average Bonchev–Trinajstić information content (AvgIpc) is 2.39. The van der Waals surface area contributed by atoms with E-state index in [0.717, 1.165) is 24.0 Å². The highest BCUT2D eigenvalue weighted by atomic mass is 16.4. The Morgan fingerprint density at radius 3 is 2.44 bits per heavy atom. The molecule has 18 heavy (non-hydrogen) atoms. The summed E-state index contributed by atoms with van der Waals surface area (Å²) < 4.78 is 0. The Morgan fingerprint density at radius 2 is 1.89 bits per heavy atom. The summed E-state index contributed by atoms with van der Waals surface area (Å²) in [5, 5.41) is 28.1. The molecule has 0 bridgehead atoms. The average molecular weight is 243 g/mol. The summed E-state index contributed by atoms with van der Waals surface area (Å²) in [6, 6.07) is 5.54. The van der Waals surface area contributed by atoms with Gasteiger partial charge in [-0.25, -0.2) is 0 Å². The Kier molecular flexibility index (Phi) is 4.06. The highest BCUT2D eigenvalue weighted by Crippen LogP contribution is 2.34. The smallest absolute Gasteiger partial charge is 0.423 e. The van der Waals surface area contributed by atoms with Crippen molar-refractivity contribution in [1.82, 2.24) is 0 Å². The van der Waals surface area contributed by atoms with Gasteiger partial charge in [0, 0.05) is 0 Å². The summed E-state index contributed by atoms with van der Waals surface area (Å²) in [5.74, 6) is 0.365. The molecule has 0 aromatic heterocycles. The second-order valence-corrected chi connectivity index (χ2v) is 5.06. The van der Waals surface area contributed by atoms with E-state index in [2.05, 4.69) is 6.07 Å². The molecule has 0 spiro atoms. The van der Waals surface area contributed by atoms with Crippen molar-refractivity contribution in [3.05, 3.63) is 28.8 Å². The lowest BCUT2D eigenvalue weighted by atomic mass is 9.69. The van der Waals surface area contributed by atoms with Crippen molar-refractivity contribution in [1.29, 1.82) is 5.26 Å². The molecule has 2 rings (SSSR count). The third-order valence-corrected chi connectivity index (χ3v) is 3.96. The molecule has 0 radical (unpaired) electrons. The van der Waals surface area contributed by atoms with Gasteiger partial charge in [-0.2, -0.15) is 5.26 Å². The molecular weight excluding hydrogens is 225 g/mol. The van der Waals surface area contributed by atoms with Gasteiger partial charge < -0.3 is 10.0 Å². The lowest BCUT2D eigenvalue weighted by Gasteiger charge is -2.26. The highest BCUT2D eigenvalue weighted by Gasteiger charge is 2.26. The highest BCUT2D eigenvalue weighted by molar-refractivity contribution is 6.59. The molecule has 1 fully saturated rings. The Morgan fingerprint density at radius 1 is 1.22 bits per heavy atom. The Bertz CT molecular complexity index is 473. The monoisotopic (exact) mass is 243 g/mol. The molecule has 94 valence electrons. The molecule has 0 unspecified atom stereocenters. The summed E-state index contributed by atoms with van der Waals surface area (Å²) >= 11 is 0. The van der Waals surface area contributed by atoms with Crippen molar-refractivity contribution in [3.8, 4) is 6.07 Å². The third kappa shape index (κ3) is 2.43. The number of nitrogens with zero attached hydrogens (tertiary/aromatic N) is 1. The Balaban J connectivity index is 2.50. The predicted octanol–water partition coefficient (Wildman–Crippen LogP) is 1.59. The van der Waals surface area contributed by atoms with Crippen LogP contribution in [0.5, 0.6) is 0 Å². The molecule has 1 aliphatic carbocycles. The van der Waals surface area contributed by atoms with E-state index in [9.17, 15) is 10.0 Å². The van der Waals surface area contributed by atoms with Crippen LogP contribution in [0.4, 0.5) is 0 Å². The first-order valence-electron chi connectivity index (χ1n) is 6.54. The zero-order chi connectivity index (χ0) is 13.1. The molecular formula is C14H18BNO2. The second kappa shape index (κ2) is 5.56. The van der Waals surface area contributed by atoms with E-state index in [1.807, 2.05) is 6.92 Å². The minimum atomic E-state index is -1.45. The molecule has 0 saturated heterocycles. The molecule has 0 heterocycles. The Hall–Kier alpha value is -1.31. The lowest BCUT2D eigenvalue weighted by molar-refractivity contribution is 0.419. The number of nitriles is 1. The zero-order valence-corrected chi connectivity index (χ0v) is 10.7. The van der Waals surface area contributed by atoms with Crippen LogP contribution in [0.1, 0.15) is 54.7 Å². The molecule has 1 saturated carbocycles. The van der Waals surface area contributed by atoms with Crippen LogP contribution in [0.3, 0.4) is 0 Å². The summed E-state index contributed by atoms with van der Waals surface area (Å²) in [6.07, 6.45) is 5.78. The van der Waals surface area contributed by atoms with Crippen LogP contribution in [-0.4, -0.2) is 17.2 Å². The largest absolute Gasteiger partial charge is 0.488 e. The van der Waals surface area contributed by atoms with Crippen LogP contribution in [0.25, 0.3) is 0 Å². The van der Waals surface area contributed by atoms with Gasteiger partial charge in [0.15, 0.2) is 0 Å². The van der Waals surface area contributed by atoms with Gasteiger partial charge in [0.25, 0.3) is 0 Å². The number of hydrogen-bond donors (Lipinski definition) is 2. The maximum absolute atomic E-state index is 9.50. The molecule has 1 aliphatic rings. The zero-order valence-electron chi connectivity index (χ0n) is 10.7. The first-order valence-corrected chi connectivity index (χ1v) is 6.54. The van der Waals surface area contributed by atoms with E-state index in [0.29, 0.717) is 16.9 Å². The van der Waals surface area contributed by atoms with Gasteiger partial charge in [0.1, 0.15) is 0 Å². The minimum absolute atomic E-state index is 0.365. The summed E-state index contributed by atoms with van der Waals surface area (Å²) in [5.41, 5.74) is 3.11. The third-order valence-electron chi connectivity index (χ3n) is 3.96. The summed E-state index contributed by atoms with van der Waals surface area (Å²) in [7, 11) is -1.45. The van der Waals surface area contributed by atoms with Gasteiger partial charge in [-0.3, -0.25) is 0 Å². The number of benzene rings is 1. The molecule has 4 heteroatoms. The van der Waals surface area contributed by atoms with Gasteiger partial charge in [-0.1, -0.05) is 25.3 Å². The van der Waals surface area contributed by atoms with Crippen molar-refractivity contribution >= 4 is 12.6 Å². The maximum atomic E-state index is 9.50. The van der Waals surface area contributed by atoms with E-state index >= 15 is 0 Å². The fourth-order valence-electron chi connectivity index (χ4n) is 3.03. The van der Waals surface area contributed by atoms with Crippen molar-refractivity contribution in [2.24, 2.45) is 0 Å². The molecule has 1 aromatic carbocycles. The van der Waals surface area contributed by atoms with E-state index < -0.39 is 7.12 Å². The van der Waals surface area contributed by atoms with Gasteiger partial charge >= 0.3 is 7.12 Å². The van der Waals surface area contributed by atoms with Crippen molar-refractivity contribution in [2.45, 2.75) is 44.9 Å². The first kappa shape index (κ1) is 13.1. The molecule has 0 amide bonds. The Labute approximate surface area is 108 Å². The van der Waals surface area contributed by atoms with Crippen LogP contribution >= 0.6 is 0 Å². The van der Waals surface area contributed by atoms with Gasteiger partial charge in [-0.15, -0.1) is 0 Å². The molecule has 3 nitrogen and oxygen atoms in total. The topological polar surface area (TPSA) is 64.2 Å². The number of rotatable bonds is 2. The predicted molar refractivity (Wildman–Crippen MR) is 71.5 cm³/mol. The van der Waals surface area contributed by atoms with Gasteiger partial charge in [0.05, 0.1) is 11.6 Å². The van der Waals surface area contributed by atoms with E-state index in [1.54, 1.807) is 12.1 Å². The fraction of sp³-hybridized carbons (Fsp3) is 0.500. The fourth-order valence-corrected chi connectivity index (χ4v) is 3.03. The quantitative estimate of drug-likeness (QED) is 0.775. The van der Waals surface area contributed by atoms with Crippen molar-refractivity contribution in [3.63, 3.8) is 0 Å². The van der Waals surface area contributed by atoms with Crippen LogP contribution in [0.2, 0.25) is 0 Å². The minimum Gasteiger partial charge on any atom is -0.423 e. The van der Waals surface area contributed by atoms with Gasteiger partial charge in [-0.05, 0) is 48.3 Å². The van der Waals surface area contributed by atoms with Crippen LogP contribution in [0, 0.1) is 18.3 Å². The van der Waals surface area contributed by atoms with Crippen LogP contribution in [0.15, 0.2) is 12.1 Å². The van der Waals surface area contributed by atoms with Crippen LogP contribution < -0.4 is 5.46 Å².